The third-order valence-electron chi connectivity index (χ3n) is 4.87. The Morgan fingerprint density at radius 2 is 1.87 bits per heavy atom. The highest BCUT2D eigenvalue weighted by Gasteiger charge is 2.33. The first-order chi connectivity index (χ1) is 14.5. The minimum Gasteiger partial charge on any atom is -0.497 e. The summed E-state index contributed by atoms with van der Waals surface area (Å²) in [6.07, 6.45) is 1.58. The monoisotopic (exact) mass is 405 g/mol. The zero-order valence-electron chi connectivity index (χ0n) is 16.1. The van der Waals surface area contributed by atoms with E-state index < -0.39 is 11.9 Å². The molecule has 0 unspecified atom stereocenters. The number of fused-ring (bicyclic) bond motifs is 1. The molecule has 0 radical (unpaired) electrons. The molecule has 4 N–H and O–H groups in total. The maximum absolute atomic E-state index is 12.9. The van der Waals surface area contributed by atoms with Crippen LogP contribution in [0.4, 0.5) is 11.5 Å². The number of primary amides is 1. The predicted molar refractivity (Wildman–Crippen MR) is 110 cm³/mol. The van der Waals surface area contributed by atoms with Crippen LogP contribution in [-0.2, 0) is 9.59 Å². The SMILES string of the molecule is COc1ccc(-c2cnn3c2NC(=O)C[C@H]3C(=O)Nc2ccc(C(N)=O)cc2)cc1. The van der Waals surface area contributed by atoms with E-state index in [-0.39, 0.29) is 18.2 Å². The van der Waals surface area contributed by atoms with Gasteiger partial charge in [-0.3, -0.25) is 14.4 Å². The highest BCUT2D eigenvalue weighted by atomic mass is 16.5. The Balaban J connectivity index is 1.60. The molecular formula is C21H19N5O4. The maximum atomic E-state index is 12.9. The van der Waals surface area contributed by atoms with E-state index in [4.69, 9.17) is 10.5 Å². The van der Waals surface area contributed by atoms with E-state index in [1.54, 1.807) is 25.4 Å². The quantitative estimate of drug-likeness (QED) is 0.599. The van der Waals surface area contributed by atoms with E-state index in [9.17, 15) is 14.4 Å². The molecular weight excluding hydrogens is 386 g/mol. The van der Waals surface area contributed by atoms with Gasteiger partial charge >= 0.3 is 0 Å². The van der Waals surface area contributed by atoms with Crippen LogP contribution >= 0.6 is 0 Å². The number of hydrogen-bond acceptors (Lipinski definition) is 5. The molecule has 1 aliphatic rings. The number of anilines is 2. The lowest BCUT2D eigenvalue weighted by atomic mass is 10.1. The average molecular weight is 405 g/mol. The molecule has 152 valence electrons. The van der Waals surface area contributed by atoms with Gasteiger partial charge in [0, 0.05) is 16.8 Å². The highest BCUT2D eigenvalue weighted by Crippen LogP contribution is 2.35. The van der Waals surface area contributed by atoms with Gasteiger partial charge in [0.1, 0.15) is 17.6 Å². The summed E-state index contributed by atoms with van der Waals surface area (Å²) in [6.45, 7) is 0. The number of rotatable bonds is 5. The molecule has 30 heavy (non-hydrogen) atoms. The van der Waals surface area contributed by atoms with Gasteiger partial charge in [-0.05, 0) is 42.0 Å². The van der Waals surface area contributed by atoms with Crippen molar-refractivity contribution in [1.29, 1.82) is 0 Å². The molecule has 1 atom stereocenters. The lowest BCUT2D eigenvalue weighted by Gasteiger charge is -2.24. The van der Waals surface area contributed by atoms with Crippen LogP contribution in [0.1, 0.15) is 22.8 Å². The number of carbonyl (C=O) groups is 3. The second-order valence-electron chi connectivity index (χ2n) is 6.78. The van der Waals surface area contributed by atoms with Gasteiger partial charge in [0.2, 0.25) is 17.7 Å². The number of amides is 3. The molecule has 9 nitrogen and oxygen atoms in total. The van der Waals surface area contributed by atoms with Crippen molar-refractivity contribution in [2.24, 2.45) is 5.73 Å². The molecule has 3 amide bonds. The average Bonchev–Trinajstić information content (AvgIpc) is 3.17. The first-order valence-corrected chi connectivity index (χ1v) is 9.19. The first kappa shape index (κ1) is 19.2. The lowest BCUT2D eigenvalue weighted by molar-refractivity contribution is -0.125. The third kappa shape index (κ3) is 3.60. The standard InChI is InChI=1S/C21H19N5O4/c1-30-15-8-4-12(5-9-15)16-11-23-26-17(10-18(27)25-20(16)26)21(29)24-14-6-2-13(3-7-14)19(22)28/h2-9,11,17H,10H2,1H3,(H2,22,28)(H,24,29)(H,25,27)/t17-/m0/s1. The Morgan fingerprint density at radius 3 is 2.50 bits per heavy atom. The molecule has 2 aromatic carbocycles. The molecule has 0 saturated heterocycles. The van der Waals surface area contributed by atoms with Gasteiger partial charge in [-0.1, -0.05) is 12.1 Å². The second-order valence-corrected chi connectivity index (χ2v) is 6.78. The fourth-order valence-electron chi connectivity index (χ4n) is 3.30. The number of nitrogens with zero attached hydrogens (tertiary/aromatic N) is 2. The van der Waals surface area contributed by atoms with Crippen molar-refractivity contribution in [3.63, 3.8) is 0 Å². The Bertz CT molecular complexity index is 1120. The Kier molecular flexibility index (Phi) is 4.93. The minimum absolute atomic E-state index is 0.0397. The Hall–Kier alpha value is -4.14. The van der Waals surface area contributed by atoms with Crippen LogP contribution in [0.5, 0.6) is 5.75 Å². The largest absolute Gasteiger partial charge is 0.497 e. The number of hydrogen-bond donors (Lipinski definition) is 3. The third-order valence-corrected chi connectivity index (χ3v) is 4.87. The summed E-state index contributed by atoms with van der Waals surface area (Å²) in [7, 11) is 1.58. The van der Waals surface area contributed by atoms with Gasteiger partial charge in [0.25, 0.3) is 0 Å². The Morgan fingerprint density at radius 1 is 1.17 bits per heavy atom. The smallest absolute Gasteiger partial charge is 0.249 e. The number of benzene rings is 2. The van der Waals surface area contributed by atoms with Gasteiger partial charge in [0.05, 0.1) is 19.7 Å². The molecule has 1 aliphatic heterocycles. The zero-order chi connectivity index (χ0) is 21.3. The minimum atomic E-state index is -0.809. The summed E-state index contributed by atoms with van der Waals surface area (Å²) in [6, 6.07) is 12.7. The van der Waals surface area contributed by atoms with E-state index in [2.05, 4.69) is 15.7 Å². The fourth-order valence-corrected chi connectivity index (χ4v) is 3.30. The predicted octanol–water partition coefficient (Wildman–Crippen LogP) is 2.18. The van der Waals surface area contributed by atoms with Crippen molar-refractivity contribution in [3.8, 4) is 16.9 Å². The molecule has 1 aromatic heterocycles. The van der Waals surface area contributed by atoms with Crippen molar-refractivity contribution in [1.82, 2.24) is 9.78 Å². The molecule has 3 aromatic rings. The summed E-state index contributed by atoms with van der Waals surface area (Å²) in [5.41, 5.74) is 7.59. The number of methoxy groups -OCH3 is 1. The number of carbonyl (C=O) groups excluding carboxylic acids is 3. The molecule has 0 spiro atoms. The van der Waals surface area contributed by atoms with Crippen LogP contribution in [0.2, 0.25) is 0 Å². The molecule has 0 fully saturated rings. The number of nitrogens with two attached hydrogens (primary N) is 1. The molecule has 4 rings (SSSR count). The number of aromatic nitrogens is 2. The normalized spacial score (nSPS) is 15.1. The van der Waals surface area contributed by atoms with Gasteiger partial charge in [-0.25, -0.2) is 4.68 Å². The van der Waals surface area contributed by atoms with Crippen LogP contribution in [0.3, 0.4) is 0 Å². The molecule has 2 heterocycles. The van der Waals surface area contributed by atoms with Crippen molar-refractivity contribution in [2.75, 3.05) is 17.7 Å². The van der Waals surface area contributed by atoms with Crippen molar-refractivity contribution < 1.29 is 19.1 Å². The summed E-state index contributed by atoms with van der Waals surface area (Å²) < 4.78 is 6.68. The highest BCUT2D eigenvalue weighted by molar-refractivity contribution is 6.03. The van der Waals surface area contributed by atoms with Crippen LogP contribution in [0.25, 0.3) is 11.1 Å². The van der Waals surface area contributed by atoms with Gasteiger partial charge in [-0.15, -0.1) is 0 Å². The topological polar surface area (TPSA) is 128 Å². The van der Waals surface area contributed by atoms with Crippen LogP contribution in [0.15, 0.2) is 54.7 Å². The fraction of sp³-hybridized carbons (Fsp3) is 0.143. The summed E-state index contributed by atoms with van der Waals surface area (Å²) in [5.74, 6) is -0.0440. The van der Waals surface area contributed by atoms with Crippen molar-refractivity contribution >= 4 is 29.2 Å². The maximum Gasteiger partial charge on any atom is 0.249 e. The zero-order valence-corrected chi connectivity index (χ0v) is 16.1. The second kappa shape index (κ2) is 7.70. The van der Waals surface area contributed by atoms with Crippen molar-refractivity contribution in [3.05, 3.63) is 60.3 Å². The summed E-state index contributed by atoms with van der Waals surface area (Å²) in [5, 5.41) is 9.90. The summed E-state index contributed by atoms with van der Waals surface area (Å²) in [4.78, 5) is 36.3. The van der Waals surface area contributed by atoms with Gasteiger partial charge < -0.3 is 21.1 Å². The molecule has 0 bridgehead atoms. The van der Waals surface area contributed by atoms with Crippen LogP contribution in [-0.4, -0.2) is 34.6 Å². The van der Waals surface area contributed by atoms with Crippen molar-refractivity contribution in [2.45, 2.75) is 12.5 Å². The van der Waals surface area contributed by atoms with E-state index >= 15 is 0 Å². The van der Waals surface area contributed by atoms with E-state index in [0.29, 0.717) is 28.4 Å². The van der Waals surface area contributed by atoms with Crippen LogP contribution < -0.4 is 21.1 Å². The van der Waals surface area contributed by atoms with Gasteiger partial charge in [0.15, 0.2) is 0 Å². The van der Waals surface area contributed by atoms with E-state index in [0.717, 1.165) is 5.56 Å². The summed E-state index contributed by atoms with van der Waals surface area (Å²) >= 11 is 0. The molecule has 9 heteroatoms. The number of ether oxygens (including phenoxy) is 1. The molecule has 0 saturated carbocycles. The van der Waals surface area contributed by atoms with Gasteiger partial charge in [-0.2, -0.15) is 5.10 Å². The van der Waals surface area contributed by atoms with Crippen LogP contribution in [0, 0.1) is 0 Å². The first-order valence-electron chi connectivity index (χ1n) is 9.19. The Labute approximate surface area is 171 Å². The molecule has 0 aliphatic carbocycles. The van der Waals surface area contributed by atoms with E-state index in [1.165, 1.54) is 16.8 Å². The number of nitrogens with one attached hydrogen (secondary N) is 2. The lowest BCUT2D eigenvalue weighted by Crippen LogP contribution is -2.35. The van der Waals surface area contributed by atoms with E-state index in [1.807, 2.05) is 24.3 Å².